The van der Waals surface area contributed by atoms with Crippen LogP contribution in [-0.4, -0.2) is 15.9 Å². The maximum atomic E-state index is 12.3. The molecule has 0 saturated heterocycles. The summed E-state index contributed by atoms with van der Waals surface area (Å²) in [5.41, 5.74) is 0.709. The molecule has 0 bridgehead atoms. The van der Waals surface area contributed by atoms with E-state index in [4.69, 9.17) is 46.4 Å². The molecule has 1 atom stereocenters. The van der Waals surface area contributed by atoms with E-state index in [2.05, 4.69) is 17.6 Å². The highest BCUT2D eigenvalue weighted by molar-refractivity contribution is 6.68. The van der Waals surface area contributed by atoms with Gasteiger partial charge in [0.1, 0.15) is 6.17 Å². The average molecular weight is 484 g/mol. The molecule has 0 aliphatic rings. The Bertz CT molecular complexity index is 561. The van der Waals surface area contributed by atoms with Crippen LogP contribution in [0.3, 0.4) is 0 Å². The van der Waals surface area contributed by atoms with Crippen LogP contribution >= 0.6 is 46.4 Å². The van der Waals surface area contributed by atoms with Crippen molar-refractivity contribution in [3.8, 4) is 0 Å². The van der Waals surface area contributed by atoms with Gasteiger partial charge < -0.3 is 10.6 Å². The Labute approximate surface area is 196 Å². The lowest BCUT2D eigenvalue weighted by Gasteiger charge is -2.27. The molecule has 1 unspecified atom stereocenters. The smallest absolute Gasteiger partial charge is 0.228 e. The fourth-order valence-electron chi connectivity index (χ4n) is 3.10. The molecule has 1 aromatic carbocycles. The van der Waals surface area contributed by atoms with Gasteiger partial charge in [0.2, 0.25) is 9.70 Å². The van der Waals surface area contributed by atoms with Crippen molar-refractivity contribution < 1.29 is 4.79 Å². The number of halogens is 4. The molecule has 0 radical (unpaired) electrons. The maximum Gasteiger partial charge on any atom is 0.228 e. The number of rotatable bonds is 15. The summed E-state index contributed by atoms with van der Waals surface area (Å²) in [4.78, 5) is 12.3. The van der Waals surface area contributed by atoms with Crippen molar-refractivity contribution in [2.75, 3.05) is 5.32 Å². The molecule has 0 fully saturated rings. The molecular formula is C22H34Cl4N2O. The Morgan fingerprint density at radius 2 is 1.34 bits per heavy atom. The highest BCUT2D eigenvalue weighted by atomic mass is 35.6. The third-order valence-corrected chi connectivity index (χ3v) is 5.70. The number of benzene rings is 1. The molecule has 0 spiro atoms. The van der Waals surface area contributed by atoms with E-state index in [1.54, 1.807) is 24.3 Å². The molecule has 0 aromatic heterocycles. The summed E-state index contributed by atoms with van der Waals surface area (Å²) in [6.45, 7) is 2.24. The van der Waals surface area contributed by atoms with E-state index < -0.39 is 9.96 Å². The van der Waals surface area contributed by atoms with Gasteiger partial charge in [-0.05, 0) is 30.7 Å². The number of unbranched alkanes of at least 4 members (excludes halogenated alkanes) is 10. The van der Waals surface area contributed by atoms with E-state index >= 15 is 0 Å². The van der Waals surface area contributed by atoms with E-state index in [1.807, 2.05) is 0 Å². The van der Waals surface area contributed by atoms with Gasteiger partial charge in [0, 0.05) is 17.1 Å². The first-order chi connectivity index (χ1) is 13.8. The average Bonchev–Trinajstić information content (AvgIpc) is 2.66. The largest absolute Gasteiger partial charge is 0.362 e. The lowest BCUT2D eigenvalue weighted by atomic mass is 10.1. The van der Waals surface area contributed by atoms with Crippen LogP contribution in [0.4, 0.5) is 5.69 Å². The van der Waals surface area contributed by atoms with Crippen molar-refractivity contribution >= 4 is 58.0 Å². The number of amides is 1. The molecule has 1 amide bonds. The van der Waals surface area contributed by atoms with Crippen LogP contribution in [0, 0.1) is 0 Å². The molecule has 29 heavy (non-hydrogen) atoms. The van der Waals surface area contributed by atoms with Gasteiger partial charge in [-0.25, -0.2) is 0 Å². The molecule has 1 aromatic rings. The highest BCUT2D eigenvalue weighted by Gasteiger charge is 2.33. The van der Waals surface area contributed by atoms with Crippen LogP contribution < -0.4 is 10.6 Å². The molecule has 0 heterocycles. The predicted molar refractivity (Wildman–Crippen MR) is 128 cm³/mol. The number of carbonyl (C=O) groups excluding carboxylic acids is 1. The lowest BCUT2D eigenvalue weighted by molar-refractivity contribution is -0.121. The second kappa shape index (κ2) is 15.5. The molecule has 0 saturated carbocycles. The normalized spacial score (nSPS) is 12.6. The molecule has 1 rings (SSSR count). The van der Waals surface area contributed by atoms with Gasteiger partial charge in [-0.15, -0.1) is 0 Å². The Hall–Kier alpha value is -0.350. The molecule has 3 nitrogen and oxygen atoms in total. The number of hydrogen-bond acceptors (Lipinski definition) is 2. The number of carbonyl (C=O) groups is 1. The van der Waals surface area contributed by atoms with Crippen molar-refractivity contribution in [2.45, 2.75) is 93.9 Å². The first-order valence-electron chi connectivity index (χ1n) is 10.7. The van der Waals surface area contributed by atoms with Crippen LogP contribution in [0.15, 0.2) is 24.3 Å². The zero-order valence-electron chi connectivity index (χ0n) is 17.3. The number of hydrogen-bond donors (Lipinski definition) is 2. The van der Waals surface area contributed by atoms with E-state index in [9.17, 15) is 4.79 Å². The van der Waals surface area contributed by atoms with E-state index in [0.29, 0.717) is 17.1 Å². The van der Waals surface area contributed by atoms with E-state index in [0.717, 1.165) is 12.8 Å². The lowest BCUT2D eigenvalue weighted by Crippen LogP contribution is -2.49. The first kappa shape index (κ1) is 26.7. The third kappa shape index (κ3) is 13.5. The van der Waals surface area contributed by atoms with Gasteiger partial charge >= 0.3 is 0 Å². The topological polar surface area (TPSA) is 41.1 Å². The molecule has 166 valence electrons. The quantitative estimate of drug-likeness (QED) is 0.150. The molecule has 0 aliphatic heterocycles. The van der Waals surface area contributed by atoms with Crippen LogP contribution in [0.25, 0.3) is 0 Å². The zero-order chi connectivity index (χ0) is 21.5. The van der Waals surface area contributed by atoms with Crippen molar-refractivity contribution in [1.29, 1.82) is 0 Å². The molecule has 0 aliphatic carbocycles. The highest BCUT2D eigenvalue weighted by Crippen LogP contribution is 2.31. The molecule has 7 heteroatoms. The predicted octanol–water partition coefficient (Wildman–Crippen LogP) is 8.27. The zero-order valence-corrected chi connectivity index (χ0v) is 20.3. The Morgan fingerprint density at radius 1 is 0.862 bits per heavy atom. The van der Waals surface area contributed by atoms with Gasteiger partial charge in [-0.3, -0.25) is 4.79 Å². The Morgan fingerprint density at radius 3 is 1.83 bits per heavy atom. The fourth-order valence-corrected chi connectivity index (χ4v) is 3.55. The van der Waals surface area contributed by atoms with Crippen LogP contribution in [0.5, 0.6) is 0 Å². The van der Waals surface area contributed by atoms with Crippen LogP contribution in [0.2, 0.25) is 5.02 Å². The van der Waals surface area contributed by atoms with Crippen molar-refractivity contribution in [3.63, 3.8) is 0 Å². The number of nitrogens with one attached hydrogen (secondary N) is 2. The van der Waals surface area contributed by atoms with Crippen molar-refractivity contribution in [3.05, 3.63) is 29.3 Å². The van der Waals surface area contributed by atoms with Gasteiger partial charge in [-0.1, -0.05) is 118 Å². The maximum absolute atomic E-state index is 12.3. The molecular weight excluding hydrogens is 450 g/mol. The molecule has 2 N–H and O–H groups in total. The SMILES string of the molecule is CCCCCCCCCCCCCC(=O)NC(Nc1ccc(Cl)cc1)C(Cl)(Cl)Cl. The second-order valence-electron chi connectivity index (χ2n) is 7.48. The van der Waals surface area contributed by atoms with Gasteiger partial charge in [0.25, 0.3) is 0 Å². The van der Waals surface area contributed by atoms with Crippen molar-refractivity contribution in [2.24, 2.45) is 0 Å². The van der Waals surface area contributed by atoms with E-state index in [1.165, 1.54) is 57.8 Å². The van der Waals surface area contributed by atoms with Gasteiger partial charge in [0.05, 0.1) is 0 Å². The minimum atomic E-state index is -1.67. The van der Waals surface area contributed by atoms with Crippen LogP contribution in [-0.2, 0) is 4.79 Å². The Kier molecular flexibility index (Phi) is 14.2. The van der Waals surface area contributed by atoms with E-state index in [-0.39, 0.29) is 5.91 Å². The minimum Gasteiger partial charge on any atom is -0.362 e. The summed E-state index contributed by atoms with van der Waals surface area (Å²) in [5.74, 6) is -0.126. The number of anilines is 1. The Balaban J connectivity index is 2.19. The first-order valence-corrected chi connectivity index (χ1v) is 12.2. The summed E-state index contributed by atoms with van der Waals surface area (Å²) < 4.78 is -1.67. The second-order valence-corrected chi connectivity index (χ2v) is 10.3. The van der Waals surface area contributed by atoms with Crippen molar-refractivity contribution in [1.82, 2.24) is 5.32 Å². The minimum absolute atomic E-state index is 0.126. The number of alkyl halides is 3. The summed E-state index contributed by atoms with van der Waals surface area (Å²) >= 11 is 24.0. The fraction of sp³-hybridized carbons (Fsp3) is 0.682. The standard InChI is InChI=1S/C22H34Cl4N2O/c1-2-3-4-5-6-7-8-9-10-11-12-13-20(29)28-21(22(24,25)26)27-19-16-14-18(23)15-17-19/h14-17,21,27H,2-13H2,1H3,(H,28,29). The summed E-state index contributed by atoms with van der Waals surface area (Å²) in [7, 11) is 0. The van der Waals surface area contributed by atoms with Crippen LogP contribution in [0.1, 0.15) is 84.0 Å². The third-order valence-electron chi connectivity index (χ3n) is 4.80. The van der Waals surface area contributed by atoms with Gasteiger partial charge in [-0.2, -0.15) is 0 Å². The summed E-state index contributed by atoms with van der Waals surface area (Å²) in [6.07, 6.45) is 13.3. The summed E-state index contributed by atoms with van der Waals surface area (Å²) in [6, 6.07) is 6.99. The monoisotopic (exact) mass is 482 g/mol. The van der Waals surface area contributed by atoms with Gasteiger partial charge in [0.15, 0.2) is 0 Å². The summed E-state index contributed by atoms with van der Waals surface area (Å²) in [5, 5.41) is 6.42.